The van der Waals surface area contributed by atoms with Crippen LogP contribution < -0.4 is 14.8 Å². The van der Waals surface area contributed by atoms with Gasteiger partial charge < -0.3 is 19.9 Å². The van der Waals surface area contributed by atoms with Crippen LogP contribution in [0.15, 0.2) is 24.3 Å². The van der Waals surface area contributed by atoms with Gasteiger partial charge in [-0.05, 0) is 56.4 Å². The van der Waals surface area contributed by atoms with Crippen molar-refractivity contribution in [2.75, 3.05) is 13.2 Å². The quantitative estimate of drug-likeness (QED) is 0.811. The van der Waals surface area contributed by atoms with Crippen molar-refractivity contribution in [3.8, 4) is 11.5 Å². The normalized spacial score (nSPS) is 21.2. The minimum Gasteiger partial charge on any atom is -0.494 e. The van der Waals surface area contributed by atoms with Crippen LogP contribution in [0.5, 0.6) is 11.5 Å². The SMILES string of the molecule is CCCOc1ccc(OCC(=O)NC2CCC(O)CC2)cc1. The number of carbonyl (C=O) groups is 1. The summed E-state index contributed by atoms with van der Waals surface area (Å²) in [7, 11) is 0. The zero-order valence-corrected chi connectivity index (χ0v) is 13.1. The fraction of sp³-hybridized carbons (Fsp3) is 0.588. The number of hydrogen-bond donors (Lipinski definition) is 2. The van der Waals surface area contributed by atoms with Crippen molar-refractivity contribution in [2.24, 2.45) is 0 Å². The second-order valence-corrected chi connectivity index (χ2v) is 5.68. The molecular formula is C17H25NO4. The molecule has 1 aliphatic rings. The van der Waals surface area contributed by atoms with Gasteiger partial charge in [-0.2, -0.15) is 0 Å². The molecule has 2 rings (SSSR count). The van der Waals surface area contributed by atoms with Gasteiger partial charge in [-0.3, -0.25) is 4.79 Å². The van der Waals surface area contributed by atoms with Crippen molar-refractivity contribution >= 4 is 5.91 Å². The van der Waals surface area contributed by atoms with Gasteiger partial charge in [0.2, 0.25) is 0 Å². The van der Waals surface area contributed by atoms with Gasteiger partial charge in [-0.1, -0.05) is 6.92 Å². The van der Waals surface area contributed by atoms with E-state index in [-0.39, 0.29) is 24.7 Å². The number of benzene rings is 1. The van der Waals surface area contributed by atoms with E-state index in [9.17, 15) is 9.90 Å². The van der Waals surface area contributed by atoms with Gasteiger partial charge in [0.05, 0.1) is 12.7 Å². The lowest BCUT2D eigenvalue weighted by molar-refractivity contribution is -0.124. The summed E-state index contributed by atoms with van der Waals surface area (Å²) in [6.45, 7) is 2.76. The Labute approximate surface area is 131 Å². The Bertz CT molecular complexity index is 452. The molecule has 0 heterocycles. The highest BCUT2D eigenvalue weighted by molar-refractivity contribution is 5.77. The number of aliphatic hydroxyl groups is 1. The maximum atomic E-state index is 11.9. The van der Waals surface area contributed by atoms with Gasteiger partial charge in [0.1, 0.15) is 11.5 Å². The second-order valence-electron chi connectivity index (χ2n) is 5.68. The number of aliphatic hydroxyl groups excluding tert-OH is 1. The maximum Gasteiger partial charge on any atom is 0.258 e. The van der Waals surface area contributed by atoms with Gasteiger partial charge in [-0.25, -0.2) is 0 Å². The first-order valence-corrected chi connectivity index (χ1v) is 8.00. The number of nitrogens with one attached hydrogen (secondary N) is 1. The van der Waals surface area contributed by atoms with Gasteiger partial charge >= 0.3 is 0 Å². The van der Waals surface area contributed by atoms with E-state index < -0.39 is 0 Å². The van der Waals surface area contributed by atoms with Crippen LogP contribution in [-0.4, -0.2) is 36.4 Å². The molecule has 1 fully saturated rings. The first-order valence-electron chi connectivity index (χ1n) is 8.00. The van der Waals surface area contributed by atoms with Gasteiger partial charge in [-0.15, -0.1) is 0 Å². The molecule has 2 N–H and O–H groups in total. The molecule has 1 saturated carbocycles. The highest BCUT2D eigenvalue weighted by Gasteiger charge is 2.20. The van der Waals surface area contributed by atoms with Crippen LogP contribution in [-0.2, 0) is 4.79 Å². The Hall–Kier alpha value is -1.75. The van der Waals surface area contributed by atoms with Gasteiger partial charge in [0.25, 0.3) is 5.91 Å². The molecule has 22 heavy (non-hydrogen) atoms. The molecule has 122 valence electrons. The topological polar surface area (TPSA) is 67.8 Å². The van der Waals surface area contributed by atoms with E-state index in [0.29, 0.717) is 12.4 Å². The summed E-state index contributed by atoms with van der Waals surface area (Å²) in [6.07, 6.45) is 3.93. The molecule has 5 nitrogen and oxygen atoms in total. The molecule has 0 unspecified atom stereocenters. The summed E-state index contributed by atoms with van der Waals surface area (Å²) < 4.78 is 11.0. The van der Waals surface area contributed by atoms with Crippen molar-refractivity contribution in [3.05, 3.63) is 24.3 Å². The molecule has 0 bridgehead atoms. The van der Waals surface area contributed by atoms with Crippen molar-refractivity contribution < 1.29 is 19.4 Å². The van der Waals surface area contributed by atoms with Crippen LogP contribution >= 0.6 is 0 Å². The van der Waals surface area contributed by atoms with Crippen LogP contribution in [0.3, 0.4) is 0 Å². The summed E-state index contributed by atoms with van der Waals surface area (Å²) in [6, 6.07) is 7.44. The van der Waals surface area contributed by atoms with Crippen molar-refractivity contribution in [1.29, 1.82) is 0 Å². The monoisotopic (exact) mass is 307 g/mol. The van der Waals surface area contributed by atoms with Crippen LogP contribution in [0.2, 0.25) is 0 Å². The molecule has 1 aliphatic carbocycles. The molecule has 0 radical (unpaired) electrons. The summed E-state index contributed by atoms with van der Waals surface area (Å²) in [5.74, 6) is 1.34. The van der Waals surface area contributed by atoms with E-state index in [4.69, 9.17) is 9.47 Å². The Morgan fingerprint density at radius 3 is 2.32 bits per heavy atom. The first kappa shape index (κ1) is 16.6. The molecule has 1 amide bonds. The minimum absolute atomic E-state index is 0.00815. The third-order valence-corrected chi connectivity index (χ3v) is 3.73. The second kappa shape index (κ2) is 8.63. The fourth-order valence-corrected chi connectivity index (χ4v) is 2.49. The lowest BCUT2D eigenvalue weighted by Crippen LogP contribution is -2.40. The Morgan fingerprint density at radius 2 is 1.73 bits per heavy atom. The van der Waals surface area contributed by atoms with Crippen LogP contribution in [0.1, 0.15) is 39.0 Å². The predicted molar refractivity (Wildman–Crippen MR) is 84.1 cm³/mol. The number of ether oxygens (including phenoxy) is 2. The van der Waals surface area contributed by atoms with Gasteiger partial charge in [0.15, 0.2) is 6.61 Å². The molecule has 0 saturated heterocycles. The van der Waals surface area contributed by atoms with Crippen LogP contribution in [0, 0.1) is 0 Å². The van der Waals surface area contributed by atoms with E-state index in [1.165, 1.54) is 0 Å². The van der Waals surface area contributed by atoms with E-state index in [2.05, 4.69) is 12.2 Å². The van der Waals surface area contributed by atoms with E-state index in [1.807, 2.05) is 12.1 Å². The third-order valence-electron chi connectivity index (χ3n) is 3.73. The zero-order valence-electron chi connectivity index (χ0n) is 13.1. The van der Waals surface area contributed by atoms with Crippen LogP contribution in [0.25, 0.3) is 0 Å². The average Bonchev–Trinajstić information content (AvgIpc) is 2.54. The van der Waals surface area contributed by atoms with Crippen molar-refractivity contribution in [3.63, 3.8) is 0 Å². The molecular weight excluding hydrogens is 282 g/mol. The zero-order chi connectivity index (χ0) is 15.8. The van der Waals surface area contributed by atoms with E-state index in [1.54, 1.807) is 12.1 Å². The number of rotatable bonds is 7. The van der Waals surface area contributed by atoms with Crippen LogP contribution in [0.4, 0.5) is 0 Å². The Balaban J connectivity index is 1.69. The molecule has 0 spiro atoms. The Morgan fingerprint density at radius 1 is 1.14 bits per heavy atom. The first-order chi connectivity index (χ1) is 10.7. The highest BCUT2D eigenvalue weighted by Crippen LogP contribution is 2.19. The third kappa shape index (κ3) is 5.56. The standard InChI is InChI=1S/C17H25NO4/c1-2-11-21-15-7-9-16(10-8-15)22-12-17(20)18-13-3-5-14(19)6-4-13/h7-10,13-14,19H,2-6,11-12H2,1H3,(H,18,20). The predicted octanol–water partition coefficient (Wildman–Crippen LogP) is 2.27. The molecule has 1 aromatic rings. The van der Waals surface area contributed by atoms with Gasteiger partial charge in [0, 0.05) is 6.04 Å². The number of carbonyl (C=O) groups excluding carboxylic acids is 1. The summed E-state index contributed by atoms with van der Waals surface area (Å²) >= 11 is 0. The van der Waals surface area contributed by atoms with Crippen molar-refractivity contribution in [1.82, 2.24) is 5.32 Å². The lowest BCUT2D eigenvalue weighted by atomic mass is 9.93. The molecule has 5 heteroatoms. The smallest absolute Gasteiger partial charge is 0.258 e. The number of hydrogen-bond acceptors (Lipinski definition) is 4. The number of amides is 1. The largest absolute Gasteiger partial charge is 0.494 e. The lowest BCUT2D eigenvalue weighted by Gasteiger charge is -2.26. The van der Waals surface area contributed by atoms with E-state index in [0.717, 1.165) is 37.9 Å². The average molecular weight is 307 g/mol. The summed E-state index contributed by atoms with van der Waals surface area (Å²) in [5.41, 5.74) is 0. The molecule has 0 aliphatic heterocycles. The fourth-order valence-electron chi connectivity index (χ4n) is 2.49. The maximum absolute atomic E-state index is 11.9. The summed E-state index contributed by atoms with van der Waals surface area (Å²) in [5, 5.41) is 12.4. The van der Waals surface area contributed by atoms with Crippen molar-refractivity contribution in [2.45, 2.75) is 51.2 Å². The molecule has 0 atom stereocenters. The van der Waals surface area contributed by atoms with E-state index >= 15 is 0 Å². The molecule has 1 aromatic carbocycles. The Kier molecular flexibility index (Phi) is 6.52. The summed E-state index contributed by atoms with van der Waals surface area (Å²) in [4.78, 5) is 11.9. The minimum atomic E-state index is -0.210. The highest BCUT2D eigenvalue weighted by atomic mass is 16.5. The molecule has 0 aromatic heterocycles.